The van der Waals surface area contributed by atoms with E-state index in [1.165, 1.54) is 47.9 Å². The van der Waals surface area contributed by atoms with E-state index in [0.717, 1.165) is 12.5 Å². The molecule has 352 valence electrons. The van der Waals surface area contributed by atoms with Crippen LogP contribution in [0.3, 0.4) is 0 Å². The number of fused-ring (bicyclic) bond motifs is 1. The van der Waals surface area contributed by atoms with Crippen LogP contribution in [0.2, 0.25) is 0 Å². The first-order valence-corrected chi connectivity index (χ1v) is 20.2. The van der Waals surface area contributed by atoms with Crippen molar-refractivity contribution in [2.75, 3.05) is 0 Å². The van der Waals surface area contributed by atoms with E-state index in [2.05, 4.69) is 58.6 Å². The van der Waals surface area contributed by atoms with Gasteiger partial charge in [0.05, 0.1) is 0 Å². The largest absolute Gasteiger partial charge is 0.227 e. The number of para-hydroxylation sites is 1. The van der Waals surface area contributed by atoms with Gasteiger partial charge in [0.1, 0.15) is 57.4 Å². The zero-order chi connectivity index (χ0) is 49.1. The first-order valence-electron chi connectivity index (χ1n) is 19.3. The fraction of sp³-hybridized carbons (Fsp3) is 0.159. The molecule has 0 amide bonds. The zero-order valence-corrected chi connectivity index (χ0v) is 33.8. The fourth-order valence-electron chi connectivity index (χ4n) is 8.63. The summed E-state index contributed by atoms with van der Waals surface area (Å²) in [4.78, 5) is 0. The molecule has 1 nitrogen and oxygen atoms in total. The maximum absolute atomic E-state index is 15.4. The van der Waals surface area contributed by atoms with Crippen LogP contribution < -0.4 is 26.4 Å². The molecule has 0 saturated heterocycles. The molecule has 7 aromatic rings. The molecular weight excluding hydrogens is 965 g/mol. The molecule has 0 atom stereocenters. The van der Waals surface area contributed by atoms with Crippen molar-refractivity contribution in [2.24, 2.45) is 0 Å². The molecule has 0 unspecified atom stereocenters. The highest BCUT2D eigenvalue weighted by Gasteiger charge is 2.52. The van der Waals surface area contributed by atoms with Gasteiger partial charge in [0.2, 0.25) is 11.0 Å². The SMILES string of the molecule is Fc1c(F)c(F)c([B-](c2c(F)c(F)c(F)c(F)c2F)(c2c(F)c(F)c(F)c(F)c2F)c2c(F)c(F)c(F)c(F)c2F)c(F)c1F.c1ccc(C[n+]2csc3cccc(C4CCCCC4)c32)cc1. The molecule has 1 heterocycles. The third-order valence-corrected chi connectivity index (χ3v) is 12.5. The molecule has 6 aromatic carbocycles. The Kier molecular flexibility index (Phi) is 13.5. The Hall–Kier alpha value is -6.13. The zero-order valence-electron chi connectivity index (χ0n) is 33.0. The van der Waals surface area contributed by atoms with Gasteiger partial charge in [0.25, 0.3) is 0 Å². The summed E-state index contributed by atoms with van der Waals surface area (Å²) in [7, 11) is 0. The minimum absolute atomic E-state index is 0.758. The van der Waals surface area contributed by atoms with Crippen LogP contribution in [0.25, 0.3) is 10.2 Å². The lowest BCUT2D eigenvalue weighted by Gasteiger charge is -2.44. The first kappa shape index (κ1) is 48.8. The van der Waals surface area contributed by atoms with E-state index in [1.54, 1.807) is 5.56 Å². The van der Waals surface area contributed by atoms with E-state index in [0.29, 0.717) is 0 Å². The number of halogens is 20. The topological polar surface area (TPSA) is 3.88 Å². The average molecular weight is 988 g/mol. The smallest absolute Gasteiger partial charge is 0.207 e. The summed E-state index contributed by atoms with van der Waals surface area (Å²) < 4.78 is 298. The van der Waals surface area contributed by atoms with Gasteiger partial charge in [0, 0.05) is 11.1 Å². The van der Waals surface area contributed by atoms with E-state index in [9.17, 15) is 52.7 Å². The second-order valence-electron chi connectivity index (χ2n) is 15.2. The van der Waals surface area contributed by atoms with Crippen molar-refractivity contribution in [1.29, 1.82) is 0 Å². The van der Waals surface area contributed by atoms with Gasteiger partial charge in [-0.2, -0.15) is 4.57 Å². The molecule has 0 aliphatic heterocycles. The van der Waals surface area contributed by atoms with Gasteiger partial charge in [-0.3, -0.25) is 0 Å². The van der Waals surface area contributed by atoms with Crippen molar-refractivity contribution in [3.05, 3.63) is 182 Å². The maximum atomic E-state index is 15.4. The van der Waals surface area contributed by atoms with Crippen LogP contribution in [0.5, 0.6) is 0 Å². The molecular formula is C44H22BF20NS. The summed E-state index contributed by atoms with van der Waals surface area (Å²) in [6, 6.07) is 17.7. The molecule has 67 heavy (non-hydrogen) atoms. The normalized spacial score (nSPS) is 13.4. The van der Waals surface area contributed by atoms with Crippen molar-refractivity contribution in [3.8, 4) is 0 Å². The Balaban J connectivity index is 0.000000250. The second-order valence-corrected chi connectivity index (χ2v) is 16.1. The summed E-state index contributed by atoms with van der Waals surface area (Å²) in [5, 5.41) is 0. The predicted molar refractivity (Wildman–Crippen MR) is 203 cm³/mol. The summed E-state index contributed by atoms with van der Waals surface area (Å²) in [5.41, 5.74) is -7.60. The lowest BCUT2D eigenvalue weighted by Crippen LogP contribution is -2.81. The number of benzene rings is 6. The summed E-state index contributed by atoms with van der Waals surface area (Å²) >= 11 is 1.87. The molecule has 1 aromatic heterocycles. The molecule has 8 rings (SSSR count). The number of hydrogen-bond acceptors (Lipinski definition) is 1. The third-order valence-electron chi connectivity index (χ3n) is 11.6. The van der Waals surface area contributed by atoms with Gasteiger partial charge >= 0.3 is 0 Å². The predicted octanol–water partition coefficient (Wildman–Crippen LogP) is 11.1. The molecule has 1 aliphatic rings. The minimum Gasteiger partial charge on any atom is -0.207 e. The van der Waals surface area contributed by atoms with Crippen molar-refractivity contribution in [3.63, 3.8) is 0 Å². The minimum atomic E-state index is -7.22. The summed E-state index contributed by atoms with van der Waals surface area (Å²) in [6.45, 7) is 0.977. The number of aromatic nitrogens is 1. The van der Waals surface area contributed by atoms with Gasteiger partial charge in [-0.05, 0) is 24.8 Å². The lowest BCUT2D eigenvalue weighted by atomic mass is 9.12. The van der Waals surface area contributed by atoms with Crippen molar-refractivity contribution < 1.29 is 92.4 Å². The maximum Gasteiger partial charge on any atom is 0.227 e. The molecule has 1 aliphatic carbocycles. The van der Waals surface area contributed by atoms with Crippen molar-refractivity contribution in [1.82, 2.24) is 0 Å². The lowest BCUT2D eigenvalue weighted by molar-refractivity contribution is -0.658. The van der Waals surface area contributed by atoms with Crippen molar-refractivity contribution in [2.45, 2.75) is 44.6 Å². The fourth-order valence-corrected chi connectivity index (χ4v) is 9.55. The van der Waals surface area contributed by atoms with Crippen LogP contribution in [0.1, 0.15) is 49.1 Å². The number of rotatable bonds is 7. The summed E-state index contributed by atoms with van der Waals surface area (Å²) in [6.07, 6.45) is -0.292. The van der Waals surface area contributed by atoms with E-state index in [-0.39, 0.29) is 0 Å². The summed E-state index contributed by atoms with van der Waals surface area (Å²) in [5.74, 6) is -70.6. The Bertz CT molecular complexity index is 2720. The van der Waals surface area contributed by atoms with E-state index < -0.39 is 144 Å². The second kappa shape index (κ2) is 18.5. The van der Waals surface area contributed by atoms with Crippen LogP contribution in [-0.2, 0) is 6.54 Å². The highest BCUT2D eigenvalue weighted by atomic mass is 32.1. The van der Waals surface area contributed by atoms with Crippen LogP contribution in [0, 0.1) is 116 Å². The standard InChI is InChI=1S/C24BF20.C20H22NS/c26-5-1(6(27)14(35)21(42)13(5)34)25(2-7(28)15(36)22(43)16(37)8(2)29,3-9(30)17(38)23(44)18(39)10(3)31)4-11(32)19(40)24(45)20(41)12(4)33;1-3-8-16(9-4-1)14-21-15-22-19-13-7-12-18(20(19)21)17-10-5-2-6-11-17/h;1,3-4,7-9,12-13,15,17H,2,5-6,10-11,14H2/q-1;+1. The Morgan fingerprint density at radius 1 is 0.388 bits per heavy atom. The Morgan fingerprint density at radius 2 is 0.716 bits per heavy atom. The van der Waals surface area contributed by atoms with E-state index >= 15 is 35.1 Å². The van der Waals surface area contributed by atoms with Crippen LogP contribution in [0.15, 0.2) is 54.0 Å². The molecule has 1 fully saturated rings. The number of hydrogen-bond donors (Lipinski definition) is 0. The molecule has 1 saturated carbocycles. The molecule has 0 radical (unpaired) electrons. The van der Waals surface area contributed by atoms with Gasteiger partial charge in [-0.25, -0.2) is 87.8 Å². The molecule has 0 N–H and O–H groups in total. The molecule has 23 heteroatoms. The monoisotopic (exact) mass is 987 g/mol. The quantitative estimate of drug-likeness (QED) is 0.0493. The van der Waals surface area contributed by atoms with Gasteiger partial charge in [-0.15, -0.1) is 21.9 Å². The van der Waals surface area contributed by atoms with Crippen LogP contribution in [0.4, 0.5) is 87.8 Å². The van der Waals surface area contributed by atoms with Gasteiger partial charge < -0.3 is 0 Å². The highest BCUT2D eigenvalue weighted by Crippen LogP contribution is 2.37. The Morgan fingerprint density at radius 3 is 1.06 bits per heavy atom. The van der Waals surface area contributed by atoms with E-state index in [1.807, 2.05) is 11.3 Å². The van der Waals surface area contributed by atoms with Gasteiger partial charge in [-0.1, -0.05) is 73.1 Å². The van der Waals surface area contributed by atoms with E-state index in [4.69, 9.17) is 0 Å². The van der Waals surface area contributed by atoms with Crippen molar-refractivity contribution >= 4 is 49.6 Å². The first-order chi connectivity index (χ1) is 31.6. The third kappa shape index (κ3) is 7.75. The molecule has 0 spiro atoms. The van der Waals surface area contributed by atoms with Crippen LogP contribution >= 0.6 is 11.3 Å². The van der Waals surface area contributed by atoms with Gasteiger partial charge in [0.15, 0.2) is 76.4 Å². The van der Waals surface area contributed by atoms with Crippen LogP contribution in [-0.4, -0.2) is 6.15 Å². The highest BCUT2D eigenvalue weighted by molar-refractivity contribution is 7.20. The number of nitrogens with zero attached hydrogens (tertiary/aromatic N) is 1. The average Bonchev–Trinajstić information content (AvgIpc) is 3.74. The Labute approximate surface area is 367 Å². The number of thiazole rings is 1. The molecule has 0 bridgehead atoms.